The third-order valence-corrected chi connectivity index (χ3v) is 3.24. The highest BCUT2D eigenvalue weighted by Crippen LogP contribution is 2.28. The zero-order valence-electron chi connectivity index (χ0n) is 10.3. The Bertz CT molecular complexity index is 336. The molecule has 0 aliphatic carbocycles. The van der Waals surface area contributed by atoms with Crippen LogP contribution in [0, 0.1) is 12.8 Å². The van der Waals surface area contributed by atoms with Crippen LogP contribution in [0.25, 0.3) is 0 Å². The van der Waals surface area contributed by atoms with Crippen molar-refractivity contribution in [3.8, 4) is 0 Å². The van der Waals surface area contributed by atoms with Crippen LogP contribution in [0.4, 0.5) is 0 Å². The lowest BCUT2D eigenvalue weighted by atomic mass is 9.93. The SMILES string of the molecule is CCCC(C)CC(O)c1cc(Cl)ccc1C. The van der Waals surface area contributed by atoms with E-state index in [1.807, 2.05) is 25.1 Å². The topological polar surface area (TPSA) is 20.2 Å². The van der Waals surface area contributed by atoms with Crippen LogP contribution in [0.15, 0.2) is 18.2 Å². The van der Waals surface area contributed by atoms with Gasteiger partial charge in [0, 0.05) is 5.02 Å². The second-order valence-corrected chi connectivity index (χ2v) is 5.08. The normalized spacial score (nSPS) is 14.8. The molecule has 2 heteroatoms. The van der Waals surface area contributed by atoms with Gasteiger partial charge in [-0.1, -0.05) is 44.4 Å². The minimum Gasteiger partial charge on any atom is -0.388 e. The minimum atomic E-state index is -0.389. The summed E-state index contributed by atoms with van der Waals surface area (Å²) >= 11 is 5.95. The highest BCUT2D eigenvalue weighted by molar-refractivity contribution is 6.30. The summed E-state index contributed by atoms with van der Waals surface area (Å²) in [6, 6.07) is 5.70. The molecule has 0 fully saturated rings. The molecular weight excluding hydrogens is 220 g/mol. The molecule has 2 unspecified atom stereocenters. The predicted octanol–water partition coefficient (Wildman–Crippen LogP) is 4.51. The van der Waals surface area contributed by atoms with Crippen LogP contribution in [-0.4, -0.2) is 5.11 Å². The van der Waals surface area contributed by atoms with Gasteiger partial charge >= 0.3 is 0 Å². The van der Waals surface area contributed by atoms with Crippen molar-refractivity contribution in [1.29, 1.82) is 0 Å². The Morgan fingerprint density at radius 3 is 2.69 bits per heavy atom. The number of aryl methyl sites for hydroxylation is 1. The molecule has 0 saturated heterocycles. The summed E-state index contributed by atoms with van der Waals surface area (Å²) in [7, 11) is 0. The Morgan fingerprint density at radius 2 is 2.06 bits per heavy atom. The number of rotatable bonds is 5. The molecule has 2 atom stereocenters. The van der Waals surface area contributed by atoms with E-state index in [1.165, 1.54) is 6.42 Å². The molecule has 1 aromatic carbocycles. The molecule has 1 rings (SSSR count). The van der Waals surface area contributed by atoms with Gasteiger partial charge < -0.3 is 5.11 Å². The van der Waals surface area contributed by atoms with Crippen molar-refractivity contribution in [3.05, 3.63) is 34.3 Å². The lowest BCUT2D eigenvalue weighted by Crippen LogP contribution is -2.06. The zero-order chi connectivity index (χ0) is 12.1. The highest BCUT2D eigenvalue weighted by Gasteiger charge is 2.14. The number of benzene rings is 1. The first kappa shape index (κ1) is 13.5. The molecule has 90 valence electrons. The van der Waals surface area contributed by atoms with Gasteiger partial charge in [-0.25, -0.2) is 0 Å². The Kier molecular flexibility index (Phi) is 5.30. The fourth-order valence-electron chi connectivity index (χ4n) is 2.09. The second kappa shape index (κ2) is 6.27. The van der Waals surface area contributed by atoms with Gasteiger partial charge in [0.25, 0.3) is 0 Å². The Hall–Kier alpha value is -0.530. The van der Waals surface area contributed by atoms with E-state index in [2.05, 4.69) is 13.8 Å². The van der Waals surface area contributed by atoms with Crippen LogP contribution in [-0.2, 0) is 0 Å². The molecular formula is C14H21ClO. The van der Waals surface area contributed by atoms with E-state index < -0.39 is 0 Å². The Morgan fingerprint density at radius 1 is 1.38 bits per heavy atom. The third kappa shape index (κ3) is 3.80. The number of aliphatic hydroxyl groups is 1. The van der Waals surface area contributed by atoms with Crippen LogP contribution >= 0.6 is 11.6 Å². The largest absolute Gasteiger partial charge is 0.388 e. The molecule has 0 radical (unpaired) electrons. The lowest BCUT2D eigenvalue weighted by Gasteiger charge is -2.18. The van der Waals surface area contributed by atoms with Crippen LogP contribution in [0.2, 0.25) is 5.02 Å². The summed E-state index contributed by atoms with van der Waals surface area (Å²) in [5.41, 5.74) is 2.08. The van der Waals surface area contributed by atoms with Gasteiger partial charge in [0.05, 0.1) is 6.10 Å². The van der Waals surface area contributed by atoms with E-state index in [-0.39, 0.29) is 6.10 Å². The van der Waals surface area contributed by atoms with Gasteiger partial charge in [-0.2, -0.15) is 0 Å². The number of aliphatic hydroxyl groups excluding tert-OH is 1. The van der Waals surface area contributed by atoms with E-state index in [0.717, 1.165) is 24.0 Å². The summed E-state index contributed by atoms with van der Waals surface area (Å²) in [5.74, 6) is 0.554. The summed E-state index contributed by atoms with van der Waals surface area (Å²) in [6.07, 6.45) is 2.76. The van der Waals surface area contributed by atoms with Gasteiger partial charge in [-0.05, 0) is 42.5 Å². The number of hydrogen-bond donors (Lipinski definition) is 1. The molecule has 0 amide bonds. The van der Waals surface area contributed by atoms with Crippen molar-refractivity contribution < 1.29 is 5.11 Å². The fraction of sp³-hybridized carbons (Fsp3) is 0.571. The smallest absolute Gasteiger partial charge is 0.0795 e. The molecule has 1 aromatic rings. The van der Waals surface area contributed by atoms with Crippen molar-refractivity contribution in [2.75, 3.05) is 0 Å². The molecule has 0 saturated carbocycles. The van der Waals surface area contributed by atoms with Gasteiger partial charge in [0.2, 0.25) is 0 Å². The standard InChI is InChI=1S/C14H21ClO/c1-4-5-10(2)8-14(16)13-9-12(15)7-6-11(13)3/h6-7,9-10,14,16H,4-5,8H2,1-3H3. The van der Waals surface area contributed by atoms with E-state index in [1.54, 1.807) is 0 Å². The first-order valence-corrected chi connectivity index (χ1v) is 6.36. The molecule has 0 aliphatic heterocycles. The summed E-state index contributed by atoms with van der Waals surface area (Å²) in [5, 5.41) is 10.9. The van der Waals surface area contributed by atoms with Crippen molar-refractivity contribution in [3.63, 3.8) is 0 Å². The Labute approximate surface area is 103 Å². The van der Waals surface area contributed by atoms with Gasteiger partial charge in [0.15, 0.2) is 0 Å². The maximum Gasteiger partial charge on any atom is 0.0795 e. The van der Waals surface area contributed by atoms with Crippen LogP contribution in [0.1, 0.15) is 50.3 Å². The Balaban J connectivity index is 2.72. The molecule has 0 aliphatic rings. The van der Waals surface area contributed by atoms with E-state index >= 15 is 0 Å². The number of hydrogen-bond acceptors (Lipinski definition) is 1. The predicted molar refractivity (Wildman–Crippen MR) is 69.8 cm³/mol. The summed E-state index contributed by atoms with van der Waals surface area (Å²) in [6.45, 7) is 6.37. The molecule has 0 bridgehead atoms. The average Bonchev–Trinajstić information content (AvgIpc) is 2.21. The van der Waals surface area contributed by atoms with Crippen LogP contribution < -0.4 is 0 Å². The first-order valence-electron chi connectivity index (χ1n) is 5.98. The molecule has 0 spiro atoms. The third-order valence-electron chi connectivity index (χ3n) is 3.01. The fourth-order valence-corrected chi connectivity index (χ4v) is 2.27. The van der Waals surface area contributed by atoms with Crippen LogP contribution in [0.5, 0.6) is 0 Å². The maximum atomic E-state index is 10.2. The zero-order valence-corrected chi connectivity index (χ0v) is 11.1. The lowest BCUT2D eigenvalue weighted by molar-refractivity contribution is 0.144. The van der Waals surface area contributed by atoms with Crippen molar-refractivity contribution in [1.82, 2.24) is 0 Å². The molecule has 1 nitrogen and oxygen atoms in total. The summed E-state index contributed by atoms with van der Waals surface area (Å²) in [4.78, 5) is 0. The number of halogens is 1. The van der Waals surface area contributed by atoms with E-state index in [4.69, 9.17) is 11.6 Å². The van der Waals surface area contributed by atoms with E-state index in [9.17, 15) is 5.11 Å². The maximum absolute atomic E-state index is 10.2. The van der Waals surface area contributed by atoms with Crippen molar-refractivity contribution in [2.45, 2.75) is 46.1 Å². The first-order chi connectivity index (χ1) is 7.54. The van der Waals surface area contributed by atoms with Crippen molar-refractivity contribution >= 4 is 11.6 Å². The monoisotopic (exact) mass is 240 g/mol. The van der Waals surface area contributed by atoms with Gasteiger partial charge in [-0.15, -0.1) is 0 Å². The van der Waals surface area contributed by atoms with Gasteiger partial charge in [0.1, 0.15) is 0 Å². The van der Waals surface area contributed by atoms with Crippen LogP contribution in [0.3, 0.4) is 0 Å². The minimum absolute atomic E-state index is 0.389. The highest BCUT2D eigenvalue weighted by atomic mass is 35.5. The summed E-state index contributed by atoms with van der Waals surface area (Å²) < 4.78 is 0. The average molecular weight is 241 g/mol. The quantitative estimate of drug-likeness (QED) is 0.803. The van der Waals surface area contributed by atoms with Gasteiger partial charge in [-0.3, -0.25) is 0 Å². The molecule has 16 heavy (non-hydrogen) atoms. The molecule has 0 heterocycles. The molecule has 1 N–H and O–H groups in total. The van der Waals surface area contributed by atoms with E-state index in [0.29, 0.717) is 10.9 Å². The second-order valence-electron chi connectivity index (χ2n) is 4.65. The van der Waals surface area contributed by atoms with Crippen molar-refractivity contribution in [2.24, 2.45) is 5.92 Å². The molecule has 0 aromatic heterocycles.